The molecule has 70 valence electrons. The SMILES string of the molecule is COc1ccc(C(=O)O)c(Br)c1O. The molecule has 0 heterocycles. The predicted octanol–water partition coefficient (Wildman–Crippen LogP) is 1.86. The van der Waals surface area contributed by atoms with Crippen molar-refractivity contribution in [3.05, 3.63) is 22.2 Å². The molecule has 1 aromatic rings. The normalized spacial score (nSPS) is 9.69. The summed E-state index contributed by atoms with van der Waals surface area (Å²) in [4.78, 5) is 10.6. The first-order valence-corrected chi connectivity index (χ1v) is 4.16. The lowest BCUT2D eigenvalue weighted by atomic mass is 10.2. The Balaban J connectivity index is 3.31. The van der Waals surface area contributed by atoms with Crippen molar-refractivity contribution in [1.29, 1.82) is 0 Å². The smallest absolute Gasteiger partial charge is 0.336 e. The maximum absolute atomic E-state index is 10.6. The van der Waals surface area contributed by atoms with Gasteiger partial charge in [-0.25, -0.2) is 4.79 Å². The Labute approximate surface area is 82.9 Å². The van der Waals surface area contributed by atoms with Crippen LogP contribution in [0.1, 0.15) is 10.4 Å². The maximum Gasteiger partial charge on any atom is 0.336 e. The molecule has 0 aliphatic heterocycles. The molecule has 0 saturated carbocycles. The van der Waals surface area contributed by atoms with E-state index in [4.69, 9.17) is 9.84 Å². The minimum Gasteiger partial charge on any atom is -0.503 e. The molecule has 0 radical (unpaired) electrons. The molecule has 0 fully saturated rings. The van der Waals surface area contributed by atoms with Gasteiger partial charge in [-0.2, -0.15) is 0 Å². The van der Waals surface area contributed by atoms with Crippen LogP contribution in [-0.4, -0.2) is 23.3 Å². The molecule has 4 nitrogen and oxygen atoms in total. The molecule has 0 bridgehead atoms. The van der Waals surface area contributed by atoms with Crippen molar-refractivity contribution in [3.8, 4) is 11.5 Å². The van der Waals surface area contributed by atoms with Crippen LogP contribution in [0.3, 0.4) is 0 Å². The summed E-state index contributed by atoms with van der Waals surface area (Å²) in [5.41, 5.74) is -0.00157. The number of phenols is 1. The van der Waals surface area contributed by atoms with Gasteiger partial charge in [-0.15, -0.1) is 0 Å². The number of carboxylic acid groups (broad SMARTS) is 1. The van der Waals surface area contributed by atoms with Gasteiger partial charge in [0.25, 0.3) is 0 Å². The zero-order valence-corrected chi connectivity index (χ0v) is 8.33. The van der Waals surface area contributed by atoms with Crippen LogP contribution in [0.4, 0.5) is 0 Å². The lowest BCUT2D eigenvalue weighted by molar-refractivity contribution is 0.0695. The number of ether oxygens (including phenoxy) is 1. The molecule has 2 N–H and O–H groups in total. The molecule has 0 unspecified atom stereocenters. The standard InChI is InChI=1S/C8H7BrO4/c1-13-5-3-2-4(8(11)12)6(9)7(5)10/h2-3,10H,1H3,(H,11,12). The third-order valence-electron chi connectivity index (χ3n) is 1.53. The summed E-state index contributed by atoms with van der Waals surface area (Å²) in [6.07, 6.45) is 0. The van der Waals surface area contributed by atoms with E-state index in [1.54, 1.807) is 0 Å². The topological polar surface area (TPSA) is 66.8 Å². The minimum absolute atomic E-state index is 0.00157. The van der Waals surface area contributed by atoms with Crippen molar-refractivity contribution in [1.82, 2.24) is 0 Å². The van der Waals surface area contributed by atoms with Crippen LogP contribution in [-0.2, 0) is 0 Å². The van der Waals surface area contributed by atoms with Gasteiger partial charge in [0.1, 0.15) is 0 Å². The van der Waals surface area contributed by atoms with E-state index in [0.29, 0.717) is 0 Å². The number of hydrogen-bond acceptors (Lipinski definition) is 3. The van der Waals surface area contributed by atoms with Crippen LogP contribution in [0.25, 0.3) is 0 Å². The Hall–Kier alpha value is -1.23. The maximum atomic E-state index is 10.6. The van der Waals surface area contributed by atoms with Crippen LogP contribution >= 0.6 is 15.9 Å². The second-order valence-electron chi connectivity index (χ2n) is 2.28. The van der Waals surface area contributed by atoms with Gasteiger partial charge >= 0.3 is 5.97 Å². The number of carbonyl (C=O) groups is 1. The Kier molecular flexibility index (Phi) is 2.77. The number of rotatable bonds is 2. The molecule has 0 saturated heterocycles. The first-order valence-electron chi connectivity index (χ1n) is 3.36. The van der Waals surface area contributed by atoms with Gasteiger partial charge in [0.15, 0.2) is 11.5 Å². The average Bonchev–Trinajstić information content (AvgIpc) is 2.09. The number of halogens is 1. The van der Waals surface area contributed by atoms with Crippen molar-refractivity contribution < 1.29 is 19.7 Å². The van der Waals surface area contributed by atoms with E-state index in [1.807, 2.05) is 0 Å². The number of aromatic carboxylic acids is 1. The molecule has 1 rings (SSSR count). The fourth-order valence-electron chi connectivity index (χ4n) is 0.877. The number of carboxylic acids is 1. The molecule has 0 spiro atoms. The molecule has 0 aliphatic rings. The molecular formula is C8H7BrO4. The Morgan fingerprint density at radius 2 is 2.15 bits per heavy atom. The molecule has 0 atom stereocenters. The summed E-state index contributed by atoms with van der Waals surface area (Å²) >= 11 is 2.96. The molecular weight excluding hydrogens is 240 g/mol. The Morgan fingerprint density at radius 1 is 1.54 bits per heavy atom. The van der Waals surface area contributed by atoms with E-state index < -0.39 is 5.97 Å². The number of aromatic hydroxyl groups is 1. The third kappa shape index (κ3) is 1.75. The van der Waals surface area contributed by atoms with E-state index in [1.165, 1.54) is 19.2 Å². The second-order valence-corrected chi connectivity index (χ2v) is 3.08. The number of methoxy groups -OCH3 is 1. The Bertz CT molecular complexity index is 348. The number of hydrogen-bond donors (Lipinski definition) is 2. The first kappa shape index (κ1) is 9.85. The lowest BCUT2D eigenvalue weighted by Crippen LogP contribution is -1.98. The zero-order valence-electron chi connectivity index (χ0n) is 6.74. The first-order chi connectivity index (χ1) is 6.07. The summed E-state index contributed by atoms with van der Waals surface area (Å²) in [7, 11) is 1.39. The van der Waals surface area contributed by atoms with Gasteiger partial charge in [-0.1, -0.05) is 0 Å². The summed E-state index contributed by atoms with van der Waals surface area (Å²) < 4.78 is 4.91. The quantitative estimate of drug-likeness (QED) is 0.836. The van der Waals surface area contributed by atoms with Gasteiger partial charge in [-0.05, 0) is 28.1 Å². The molecule has 0 amide bonds. The highest BCUT2D eigenvalue weighted by molar-refractivity contribution is 9.10. The monoisotopic (exact) mass is 246 g/mol. The summed E-state index contributed by atoms with van der Waals surface area (Å²) in [5.74, 6) is -1.08. The van der Waals surface area contributed by atoms with E-state index in [-0.39, 0.29) is 21.5 Å². The number of phenolic OH excluding ortho intramolecular Hbond substituents is 1. The molecule has 1 aromatic carbocycles. The fraction of sp³-hybridized carbons (Fsp3) is 0.125. The summed E-state index contributed by atoms with van der Waals surface area (Å²) in [6, 6.07) is 2.74. The third-order valence-corrected chi connectivity index (χ3v) is 2.33. The predicted molar refractivity (Wildman–Crippen MR) is 49.3 cm³/mol. The fourth-order valence-corrected chi connectivity index (χ4v) is 1.37. The van der Waals surface area contributed by atoms with E-state index in [9.17, 15) is 9.90 Å². The largest absolute Gasteiger partial charge is 0.503 e. The van der Waals surface area contributed by atoms with Gasteiger partial charge in [0.05, 0.1) is 17.1 Å². The van der Waals surface area contributed by atoms with E-state index in [0.717, 1.165) is 0 Å². The minimum atomic E-state index is -1.11. The Morgan fingerprint density at radius 3 is 2.62 bits per heavy atom. The molecule has 5 heteroatoms. The van der Waals surface area contributed by atoms with Crippen LogP contribution in [0.2, 0.25) is 0 Å². The average molecular weight is 247 g/mol. The van der Waals surface area contributed by atoms with Crippen molar-refractivity contribution in [2.75, 3.05) is 7.11 Å². The summed E-state index contributed by atoms with van der Waals surface area (Å²) in [6.45, 7) is 0. The van der Waals surface area contributed by atoms with E-state index in [2.05, 4.69) is 15.9 Å². The van der Waals surface area contributed by atoms with Crippen LogP contribution in [0.5, 0.6) is 11.5 Å². The van der Waals surface area contributed by atoms with Crippen LogP contribution in [0, 0.1) is 0 Å². The molecule has 13 heavy (non-hydrogen) atoms. The molecule has 0 aromatic heterocycles. The zero-order chi connectivity index (χ0) is 10.0. The number of benzene rings is 1. The van der Waals surface area contributed by atoms with Gasteiger partial charge in [-0.3, -0.25) is 0 Å². The van der Waals surface area contributed by atoms with Gasteiger partial charge in [0.2, 0.25) is 0 Å². The second kappa shape index (κ2) is 3.66. The van der Waals surface area contributed by atoms with Crippen molar-refractivity contribution in [3.63, 3.8) is 0 Å². The van der Waals surface area contributed by atoms with Crippen LogP contribution in [0.15, 0.2) is 16.6 Å². The van der Waals surface area contributed by atoms with Crippen LogP contribution < -0.4 is 4.74 Å². The lowest BCUT2D eigenvalue weighted by Gasteiger charge is -2.06. The van der Waals surface area contributed by atoms with Gasteiger partial charge < -0.3 is 14.9 Å². The van der Waals surface area contributed by atoms with E-state index >= 15 is 0 Å². The highest BCUT2D eigenvalue weighted by Crippen LogP contribution is 2.36. The van der Waals surface area contributed by atoms with Crippen molar-refractivity contribution in [2.24, 2.45) is 0 Å². The van der Waals surface area contributed by atoms with Gasteiger partial charge in [0, 0.05) is 0 Å². The van der Waals surface area contributed by atoms with Crippen molar-refractivity contribution >= 4 is 21.9 Å². The van der Waals surface area contributed by atoms with Crippen molar-refractivity contribution in [2.45, 2.75) is 0 Å². The summed E-state index contributed by atoms with van der Waals surface area (Å²) in [5, 5.41) is 18.1. The highest BCUT2D eigenvalue weighted by atomic mass is 79.9. The molecule has 0 aliphatic carbocycles. The highest BCUT2D eigenvalue weighted by Gasteiger charge is 2.14.